The maximum absolute atomic E-state index is 12.4. The zero-order valence-corrected chi connectivity index (χ0v) is 12.9. The molecule has 0 saturated heterocycles. The second kappa shape index (κ2) is 8.20. The van der Waals surface area contributed by atoms with Crippen molar-refractivity contribution >= 4 is 5.91 Å². The Bertz CT molecular complexity index is 413. The molecule has 1 aliphatic rings. The zero-order valence-electron chi connectivity index (χ0n) is 12.9. The number of hydrogen-bond acceptors (Lipinski definition) is 4. The summed E-state index contributed by atoms with van der Waals surface area (Å²) in [4.78, 5) is 14.7. The van der Waals surface area contributed by atoms with Gasteiger partial charge in [-0.1, -0.05) is 12.8 Å². The Morgan fingerprint density at radius 3 is 2.90 bits per heavy atom. The van der Waals surface area contributed by atoms with Crippen LogP contribution in [-0.2, 0) is 11.3 Å². The topological polar surface area (TPSA) is 71.5 Å². The third kappa shape index (κ3) is 4.58. The van der Waals surface area contributed by atoms with Gasteiger partial charge < -0.3 is 15.5 Å². The summed E-state index contributed by atoms with van der Waals surface area (Å²) in [6.07, 6.45) is 7.49. The van der Waals surface area contributed by atoms with Gasteiger partial charge in [-0.3, -0.25) is 9.69 Å². The van der Waals surface area contributed by atoms with E-state index in [1.807, 2.05) is 19.1 Å². The highest BCUT2D eigenvalue weighted by molar-refractivity contribution is 5.81. The van der Waals surface area contributed by atoms with Crippen molar-refractivity contribution in [2.24, 2.45) is 5.73 Å². The molecule has 5 heteroatoms. The van der Waals surface area contributed by atoms with Gasteiger partial charge in [-0.05, 0) is 44.9 Å². The maximum Gasteiger partial charge on any atom is 0.237 e. The second-order valence-electron chi connectivity index (χ2n) is 5.79. The van der Waals surface area contributed by atoms with E-state index in [0.29, 0.717) is 19.1 Å². The SMILES string of the molecule is CC(C(=O)NCc1ccco1)N(CCCN)C1CCCC1. The van der Waals surface area contributed by atoms with Gasteiger partial charge >= 0.3 is 0 Å². The standard InChI is InChI=1S/C16H27N3O2/c1-13(16(20)18-12-15-8-4-11-21-15)19(10-5-9-17)14-6-2-3-7-14/h4,8,11,13-14H,2-3,5-7,9-10,12,17H2,1H3,(H,18,20). The van der Waals surface area contributed by atoms with Crippen molar-refractivity contribution in [2.75, 3.05) is 13.1 Å². The summed E-state index contributed by atoms with van der Waals surface area (Å²) in [6, 6.07) is 4.11. The molecular formula is C16H27N3O2. The molecule has 2 rings (SSSR count). The number of rotatable bonds is 8. The van der Waals surface area contributed by atoms with Crippen molar-refractivity contribution in [3.8, 4) is 0 Å². The molecule has 0 aliphatic heterocycles. The van der Waals surface area contributed by atoms with Crippen LogP contribution in [0.2, 0.25) is 0 Å². The van der Waals surface area contributed by atoms with Gasteiger partial charge in [0.1, 0.15) is 5.76 Å². The largest absolute Gasteiger partial charge is 0.467 e. The van der Waals surface area contributed by atoms with Gasteiger partial charge in [-0.2, -0.15) is 0 Å². The lowest BCUT2D eigenvalue weighted by Gasteiger charge is -2.33. The Hall–Kier alpha value is -1.33. The molecule has 1 aromatic rings. The van der Waals surface area contributed by atoms with E-state index in [1.54, 1.807) is 6.26 Å². The minimum atomic E-state index is -0.116. The normalized spacial score (nSPS) is 17.3. The van der Waals surface area contributed by atoms with Gasteiger partial charge in [-0.25, -0.2) is 0 Å². The summed E-state index contributed by atoms with van der Waals surface area (Å²) >= 11 is 0. The van der Waals surface area contributed by atoms with Crippen LogP contribution in [0.5, 0.6) is 0 Å². The minimum absolute atomic E-state index is 0.0651. The van der Waals surface area contributed by atoms with Crippen LogP contribution in [0.15, 0.2) is 22.8 Å². The third-order valence-electron chi connectivity index (χ3n) is 4.31. The zero-order chi connectivity index (χ0) is 15.1. The first-order valence-corrected chi connectivity index (χ1v) is 7.98. The van der Waals surface area contributed by atoms with Gasteiger partial charge in [0.05, 0.1) is 18.8 Å². The first-order chi connectivity index (χ1) is 10.2. The van der Waals surface area contributed by atoms with Crippen molar-refractivity contribution in [2.45, 2.75) is 57.7 Å². The molecule has 5 nitrogen and oxygen atoms in total. The Morgan fingerprint density at radius 1 is 1.52 bits per heavy atom. The maximum atomic E-state index is 12.4. The molecule has 21 heavy (non-hydrogen) atoms. The molecule has 0 radical (unpaired) electrons. The molecular weight excluding hydrogens is 266 g/mol. The molecule has 0 spiro atoms. The number of carbonyl (C=O) groups excluding carboxylic acids is 1. The van der Waals surface area contributed by atoms with E-state index < -0.39 is 0 Å². The van der Waals surface area contributed by atoms with Crippen molar-refractivity contribution in [3.63, 3.8) is 0 Å². The lowest BCUT2D eigenvalue weighted by molar-refractivity contribution is -0.127. The number of furan rings is 1. The first kappa shape index (κ1) is 16.0. The highest BCUT2D eigenvalue weighted by Gasteiger charge is 2.29. The third-order valence-corrected chi connectivity index (χ3v) is 4.31. The fourth-order valence-corrected chi connectivity index (χ4v) is 3.09. The van der Waals surface area contributed by atoms with Crippen molar-refractivity contribution in [1.82, 2.24) is 10.2 Å². The Balaban J connectivity index is 1.88. The smallest absolute Gasteiger partial charge is 0.237 e. The van der Waals surface area contributed by atoms with Gasteiger partial charge in [0, 0.05) is 12.6 Å². The highest BCUT2D eigenvalue weighted by atomic mass is 16.3. The van der Waals surface area contributed by atoms with Crippen LogP contribution in [0.25, 0.3) is 0 Å². The van der Waals surface area contributed by atoms with Crippen LogP contribution in [0.4, 0.5) is 0 Å². The summed E-state index contributed by atoms with van der Waals surface area (Å²) in [6.45, 7) is 4.01. The number of nitrogens with zero attached hydrogens (tertiary/aromatic N) is 1. The van der Waals surface area contributed by atoms with Gasteiger partial charge in [0.2, 0.25) is 5.91 Å². The van der Waals surface area contributed by atoms with Crippen LogP contribution < -0.4 is 11.1 Å². The Labute approximate surface area is 126 Å². The van der Waals surface area contributed by atoms with Crippen LogP contribution in [0, 0.1) is 0 Å². The molecule has 1 aromatic heterocycles. The predicted octanol–water partition coefficient (Wildman–Crippen LogP) is 1.88. The van der Waals surface area contributed by atoms with Gasteiger partial charge in [-0.15, -0.1) is 0 Å². The lowest BCUT2D eigenvalue weighted by Crippen LogP contribution is -2.49. The minimum Gasteiger partial charge on any atom is -0.467 e. The van der Waals surface area contributed by atoms with Crippen molar-refractivity contribution in [1.29, 1.82) is 0 Å². The molecule has 1 heterocycles. The summed E-state index contributed by atoms with van der Waals surface area (Å²) in [5, 5.41) is 2.96. The van der Waals surface area contributed by atoms with E-state index in [1.165, 1.54) is 25.7 Å². The molecule has 1 amide bonds. The summed E-state index contributed by atoms with van der Waals surface area (Å²) in [5.74, 6) is 0.847. The van der Waals surface area contributed by atoms with Crippen LogP contribution >= 0.6 is 0 Å². The monoisotopic (exact) mass is 293 g/mol. The average Bonchev–Trinajstić information content (AvgIpc) is 3.18. The van der Waals surface area contributed by atoms with Gasteiger partial charge in [0.15, 0.2) is 0 Å². The van der Waals surface area contributed by atoms with E-state index >= 15 is 0 Å². The number of amides is 1. The van der Waals surface area contributed by atoms with E-state index in [-0.39, 0.29) is 11.9 Å². The first-order valence-electron chi connectivity index (χ1n) is 7.98. The average molecular weight is 293 g/mol. The molecule has 1 aliphatic carbocycles. The van der Waals surface area contributed by atoms with Crippen LogP contribution in [0.3, 0.4) is 0 Å². The fourth-order valence-electron chi connectivity index (χ4n) is 3.09. The van der Waals surface area contributed by atoms with Crippen LogP contribution in [-0.4, -0.2) is 36.0 Å². The highest BCUT2D eigenvalue weighted by Crippen LogP contribution is 2.25. The number of hydrogen-bond donors (Lipinski definition) is 2. The predicted molar refractivity (Wildman–Crippen MR) is 82.7 cm³/mol. The van der Waals surface area contributed by atoms with E-state index in [9.17, 15) is 4.79 Å². The molecule has 1 atom stereocenters. The van der Waals surface area contributed by atoms with E-state index in [2.05, 4.69) is 10.2 Å². The van der Waals surface area contributed by atoms with Gasteiger partial charge in [0.25, 0.3) is 0 Å². The Morgan fingerprint density at radius 2 is 2.29 bits per heavy atom. The molecule has 1 saturated carbocycles. The van der Waals surface area contributed by atoms with Crippen molar-refractivity contribution in [3.05, 3.63) is 24.2 Å². The van der Waals surface area contributed by atoms with Crippen LogP contribution in [0.1, 0.15) is 44.8 Å². The van der Waals surface area contributed by atoms with Crippen molar-refractivity contribution < 1.29 is 9.21 Å². The summed E-state index contributed by atoms with van der Waals surface area (Å²) in [7, 11) is 0. The summed E-state index contributed by atoms with van der Waals surface area (Å²) in [5.41, 5.74) is 5.63. The quantitative estimate of drug-likeness (QED) is 0.767. The molecule has 0 aromatic carbocycles. The Kier molecular flexibility index (Phi) is 6.26. The number of nitrogens with two attached hydrogens (primary N) is 1. The molecule has 0 bridgehead atoms. The van der Waals surface area contributed by atoms with E-state index in [0.717, 1.165) is 18.7 Å². The molecule has 3 N–H and O–H groups in total. The summed E-state index contributed by atoms with van der Waals surface area (Å²) < 4.78 is 5.24. The molecule has 1 fully saturated rings. The van der Waals surface area contributed by atoms with E-state index in [4.69, 9.17) is 10.2 Å². The molecule has 118 valence electrons. The fraction of sp³-hybridized carbons (Fsp3) is 0.688. The lowest BCUT2D eigenvalue weighted by atomic mass is 10.1. The second-order valence-corrected chi connectivity index (χ2v) is 5.79. The number of carbonyl (C=O) groups is 1. The number of nitrogens with one attached hydrogen (secondary N) is 1. The molecule has 1 unspecified atom stereocenters.